The van der Waals surface area contributed by atoms with Gasteiger partial charge in [-0.05, 0) is 43.3 Å². The lowest BCUT2D eigenvalue weighted by Gasteiger charge is -2.15. The van der Waals surface area contributed by atoms with Gasteiger partial charge in [0.05, 0.1) is 5.25 Å². The number of pyridine rings is 1. The predicted octanol–water partition coefficient (Wildman–Crippen LogP) is 4.78. The molecule has 0 fully saturated rings. The molecule has 1 N–H and O–H groups in total. The molecule has 2 aromatic heterocycles. The Balaban J connectivity index is 1.81. The van der Waals surface area contributed by atoms with Gasteiger partial charge in [-0.15, -0.1) is 10.2 Å². The SMILES string of the molecule is CC(Sc1nnc(-c2ccncc2)n1CC(F)(F)F)C(=O)Nc1ccc(Br)cc1. The first-order chi connectivity index (χ1) is 13.7. The monoisotopic (exact) mass is 485 g/mol. The first-order valence-corrected chi connectivity index (χ1v) is 10.0. The zero-order valence-electron chi connectivity index (χ0n) is 15.0. The van der Waals surface area contributed by atoms with Crippen LogP contribution in [0, 0.1) is 0 Å². The van der Waals surface area contributed by atoms with Crippen LogP contribution in [0.25, 0.3) is 11.4 Å². The Morgan fingerprint density at radius 1 is 1.17 bits per heavy atom. The minimum absolute atomic E-state index is 0.00703. The van der Waals surface area contributed by atoms with Crippen LogP contribution < -0.4 is 5.32 Å². The molecule has 1 aromatic carbocycles. The van der Waals surface area contributed by atoms with Crippen molar-refractivity contribution in [1.82, 2.24) is 19.7 Å². The van der Waals surface area contributed by atoms with E-state index in [4.69, 9.17) is 0 Å². The van der Waals surface area contributed by atoms with Crippen LogP contribution in [-0.4, -0.2) is 37.1 Å². The summed E-state index contributed by atoms with van der Waals surface area (Å²) in [6.45, 7) is 0.332. The molecule has 2 heterocycles. The summed E-state index contributed by atoms with van der Waals surface area (Å²) in [6.07, 6.45) is -1.55. The summed E-state index contributed by atoms with van der Waals surface area (Å²) in [6, 6.07) is 10.1. The summed E-state index contributed by atoms with van der Waals surface area (Å²) < 4.78 is 41.2. The average Bonchev–Trinajstić information content (AvgIpc) is 3.04. The Kier molecular flexibility index (Phi) is 6.58. The molecule has 1 atom stereocenters. The van der Waals surface area contributed by atoms with Gasteiger partial charge in [0.25, 0.3) is 0 Å². The Labute approximate surface area is 177 Å². The lowest BCUT2D eigenvalue weighted by molar-refractivity contribution is -0.141. The van der Waals surface area contributed by atoms with E-state index in [0.717, 1.165) is 20.8 Å². The molecule has 0 bridgehead atoms. The third kappa shape index (κ3) is 5.80. The van der Waals surface area contributed by atoms with Crippen LogP contribution in [-0.2, 0) is 11.3 Å². The fraction of sp³-hybridized carbons (Fsp3) is 0.222. The van der Waals surface area contributed by atoms with Gasteiger partial charge in [-0.3, -0.25) is 14.3 Å². The van der Waals surface area contributed by atoms with E-state index in [-0.39, 0.29) is 16.9 Å². The zero-order chi connectivity index (χ0) is 21.0. The van der Waals surface area contributed by atoms with Crippen LogP contribution in [0.15, 0.2) is 58.4 Å². The summed E-state index contributed by atoms with van der Waals surface area (Å²) in [4.78, 5) is 16.3. The van der Waals surface area contributed by atoms with E-state index in [1.807, 2.05) is 0 Å². The molecule has 3 aromatic rings. The molecule has 0 spiro atoms. The highest BCUT2D eigenvalue weighted by atomic mass is 79.9. The number of rotatable bonds is 6. The van der Waals surface area contributed by atoms with E-state index < -0.39 is 18.0 Å². The van der Waals surface area contributed by atoms with Gasteiger partial charge >= 0.3 is 6.18 Å². The van der Waals surface area contributed by atoms with Crippen molar-refractivity contribution < 1.29 is 18.0 Å². The topological polar surface area (TPSA) is 72.7 Å². The van der Waals surface area contributed by atoms with Crippen LogP contribution in [0.2, 0.25) is 0 Å². The third-order valence-corrected chi connectivity index (χ3v) is 5.37. The first-order valence-electron chi connectivity index (χ1n) is 8.36. The van der Waals surface area contributed by atoms with Gasteiger partial charge in [-0.1, -0.05) is 27.7 Å². The second-order valence-corrected chi connectivity index (χ2v) is 8.22. The van der Waals surface area contributed by atoms with Gasteiger partial charge in [0.2, 0.25) is 5.91 Å². The van der Waals surface area contributed by atoms with Crippen molar-refractivity contribution in [3.8, 4) is 11.4 Å². The summed E-state index contributed by atoms with van der Waals surface area (Å²) in [5, 5.41) is 9.83. The van der Waals surface area contributed by atoms with E-state index in [0.29, 0.717) is 11.3 Å². The number of thioether (sulfide) groups is 1. The predicted molar refractivity (Wildman–Crippen MR) is 107 cm³/mol. The summed E-state index contributed by atoms with van der Waals surface area (Å²) in [5.41, 5.74) is 1.04. The number of hydrogen-bond acceptors (Lipinski definition) is 5. The number of aromatic nitrogens is 4. The number of anilines is 1. The van der Waals surface area contributed by atoms with Crippen LogP contribution in [0.4, 0.5) is 18.9 Å². The minimum atomic E-state index is -4.47. The molecular formula is C18H15BrF3N5OS. The van der Waals surface area contributed by atoms with Crippen LogP contribution in [0.3, 0.4) is 0 Å². The number of halogens is 4. The van der Waals surface area contributed by atoms with E-state index in [9.17, 15) is 18.0 Å². The van der Waals surface area contributed by atoms with Crippen molar-refractivity contribution >= 4 is 39.3 Å². The van der Waals surface area contributed by atoms with Crippen molar-refractivity contribution in [2.45, 2.75) is 30.1 Å². The quantitative estimate of drug-likeness (QED) is 0.508. The maximum Gasteiger partial charge on any atom is 0.406 e. The molecule has 152 valence electrons. The van der Waals surface area contributed by atoms with Gasteiger partial charge in [0, 0.05) is 28.1 Å². The maximum absolute atomic E-state index is 13.1. The van der Waals surface area contributed by atoms with Crippen LogP contribution >= 0.6 is 27.7 Å². The molecule has 0 radical (unpaired) electrons. The van der Waals surface area contributed by atoms with Gasteiger partial charge in [0.15, 0.2) is 11.0 Å². The van der Waals surface area contributed by atoms with Gasteiger partial charge in [-0.25, -0.2) is 0 Å². The standard InChI is InChI=1S/C18H15BrF3N5OS/c1-11(16(28)24-14-4-2-13(19)3-5-14)29-17-26-25-15(12-6-8-23-9-7-12)27(17)10-18(20,21)22/h2-9,11H,10H2,1H3,(H,24,28). The van der Waals surface area contributed by atoms with E-state index >= 15 is 0 Å². The average molecular weight is 486 g/mol. The van der Waals surface area contributed by atoms with Gasteiger partial charge in [-0.2, -0.15) is 13.2 Å². The Hall–Kier alpha value is -2.40. The molecular weight excluding hydrogens is 471 g/mol. The first kappa shape index (κ1) is 21.3. The second kappa shape index (κ2) is 8.95. The number of nitrogens with zero attached hydrogens (tertiary/aromatic N) is 4. The third-order valence-electron chi connectivity index (χ3n) is 3.76. The molecule has 0 saturated carbocycles. The zero-order valence-corrected chi connectivity index (χ0v) is 17.4. The Morgan fingerprint density at radius 2 is 1.83 bits per heavy atom. The molecule has 29 heavy (non-hydrogen) atoms. The fourth-order valence-corrected chi connectivity index (χ4v) is 3.51. The van der Waals surface area contributed by atoms with Gasteiger partial charge < -0.3 is 5.32 Å². The van der Waals surface area contributed by atoms with Crippen molar-refractivity contribution in [2.75, 3.05) is 5.32 Å². The smallest absolute Gasteiger partial charge is 0.325 e. The molecule has 0 aliphatic rings. The normalized spacial score (nSPS) is 12.6. The minimum Gasteiger partial charge on any atom is -0.325 e. The number of carbonyl (C=O) groups excluding carboxylic acids is 1. The van der Waals surface area contributed by atoms with Crippen LogP contribution in [0.1, 0.15) is 6.92 Å². The van der Waals surface area contributed by atoms with E-state index in [2.05, 4.69) is 36.4 Å². The molecule has 0 aliphatic carbocycles. The molecule has 1 amide bonds. The summed E-state index contributed by atoms with van der Waals surface area (Å²) in [7, 11) is 0. The van der Waals surface area contributed by atoms with Crippen molar-refractivity contribution in [3.63, 3.8) is 0 Å². The molecule has 1 unspecified atom stereocenters. The fourth-order valence-electron chi connectivity index (χ4n) is 2.40. The van der Waals surface area contributed by atoms with Gasteiger partial charge in [0.1, 0.15) is 6.54 Å². The van der Waals surface area contributed by atoms with Crippen molar-refractivity contribution in [3.05, 3.63) is 53.3 Å². The van der Waals surface area contributed by atoms with Crippen LogP contribution in [0.5, 0.6) is 0 Å². The highest BCUT2D eigenvalue weighted by molar-refractivity contribution is 9.10. The second-order valence-electron chi connectivity index (χ2n) is 6.00. The number of benzene rings is 1. The number of hydrogen-bond donors (Lipinski definition) is 1. The highest BCUT2D eigenvalue weighted by Crippen LogP contribution is 2.30. The number of alkyl halides is 3. The number of carbonyl (C=O) groups is 1. The Bertz CT molecular complexity index is 979. The largest absolute Gasteiger partial charge is 0.406 e. The maximum atomic E-state index is 13.1. The lowest BCUT2D eigenvalue weighted by Crippen LogP contribution is -2.24. The molecule has 11 heteroatoms. The van der Waals surface area contributed by atoms with Crippen molar-refractivity contribution in [2.24, 2.45) is 0 Å². The summed E-state index contributed by atoms with van der Waals surface area (Å²) in [5.74, 6) is -0.294. The Morgan fingerprint density at radius 3 is 2.45 bits per heavy atom. The van der Waals surface area contributed by atoms with Crippen molar-refractivity contribution in [1.29, 1.82) is 0 Å². The van der Waals surface area contributed by atoms with E-state index in [1.165, 1.54) is 12.4 Å². The molecule has 0 saturated heterocycles. The summed E-state index contributed by atoms with van der Waals surface area (Å²) >= 11 is 4.22. The molecule has 3 rings (SSSR count). The highest BCUT2D eigenvalue weighted by Gasteiger charge is 2.32. The number of nitrogens with one attached hydrogen (secondary N) is 1. The number of amides is 1. The lowest BCUT2D eigenvalue weighted by atomic mass is 10.2. The molecule has 0 aliphatic heterocycles. The van der Waals surface area contributed by atoms with E-state index in [1.54, 1.807) is 43.3 Å². The molecule has 6 nitrogen and oxygen atoms in total.